The summed E-state index contributed by atoms with van der Waals surface area (Å²) in [6.07, 6.45) is 3.70. The Morgan fingerprint density at radius 2 is 1.85 bits per heavy atom. The molecule has 1 aliphatic rings. The number of hydrogen-bond donors (Lipinski definition) is 2. The second kappa shape index (κ2) is 10.1. The minimum atomic E-state index is -1.17. The van der Waals surface area contributed by atoms with Crippen LogP contribution in [0.3, 0.4) is 0 Å². The second-order valence-corrected chi connectivity index (χ2v) is 9.51. The van der Waals surface area contributed by atoms with Crippen molar-refractivity contribution in [1.82, 2.24) is 9.69 Å². The van der Waals surface area contributed by atoms with Gasteiger partial charge in [-0.3, -0.25) is 14.5 Å². The Balaban J connectivity index is 1.84. The lowest BCUT2D eigenvalue weighted by molar-refractivity contribution is -0.123. The van der Waals surface area contributed by atoms with E-state index >= 15 is 0 Å². The van der Waals surface area contributed by atoms with Crippen LogP contribution in [0.15, 0.2) is 48.5 Å². The highest BCUT2D eigenvalue weighted by Gasteiger charge is 2.37. The van der Waals surface area contributed by atoms with Gasteiger partial charge in [-0.15, -0.1) is 0 Å². The van der Waals surface area contributed by atoms with E-state index in [0.717, 1.165) is 48.2 Å². The number of halogens is 3. The Hall–Kier alpha value is -2.68. The maximum absolute atomic E-state index is 14.2. The molecule has 33 heavy (non-hydrogen) atoms. The van der Waals surface area contributed by atoms with E-state index in [-0.39, 0.29) is 32.5 Å². The van der Waals surface area contributed by atoms with E-state index in [1.807, 2.05) is 0 Å². The lowest BCUT2D eigenvalue weighted by Crippen LogP contribution is -2.46. The molecule has 3 aromatic rings. The Labute approximate surface area is 204 Å². The van der Waals surface area contributed by atoms with E-state index in [2.05, 4.69) is 9.69 Å². The number of amides is 2. The average molecular weight is 508 g/mol. The number of nitrogens with zero attached hydrogens (tertiary/aromatic N) is 2. The van der Waals surface area contributed by atoms with Crippen molar-refractivity contribution in [3.8, 4) is 5.75 Å². The maximum atomic E-state index is 14.2. The monoisotopic (exact) mass is 507 g/mol. The van der Waals surface area contributed by atoms with Gasteiger partial charge < -0.3 is 10.4 Å². The first-order valence-electron chi connectivity index (χ1n) is 10.3. The van der Waals surface area contributed by atoms with Gasteiger partial charge in [-0.05, 0) is 60.3 Å². The predicted molar refractivity (Wildman–Crippen MR) is 127 cm³/mol. The van der Waals surface area contributed by atoms with Gasteiger partial charge in [0.05, 0.1) is 0 Å². The highest BCUT2D eigenvalue weighted by Crippen LogP contribution is 2.35. The van der Waals surface area contributed by atoms with Gasteiger partial charge in [-0.2, -0.15) is 4.37 Å². The van der Waals surface area contributed by atoms with Crippen LogP contribution in [0.5, 0.6) is 5.75 Å². The van der Waals surface area contributed by atoms with E-state index in [0.29, 0.717) is 5.56 Å². The number of rotatable bonds is 6. The molecule has 2 aromatic carbocycles. The van der Waals surface area contributed by atoms with E-state index in [1.165, 1.54) is 30.3 Å². The quantitative estimate of drug-likeness (QED) is 0.445. The van der Waals surface area contributed by atoms with Gasteiger partial charge in [-0.25, -0.2) is 4.39 Å². The smallest absolute Gasteiger partial charge is 0.280 e. The number of anilines is 1. The first kappa shape index (κ1) is 23.5. The third-order valence-electron chi connectivity index (χ3n) is 5.52. The SMILES string of the molecule is O=C(NC1CCCC1)[C@H](c1ccc(O)cc1)N(C(=O)c1nsc(Cl)c1Cl)c1cccc(F)c1. The van der Waals surface area contributed by atoms with Crippen LogP contribution in [0.1, 0.15) is 47.8 Å². The van der Waals surface area contributed by atoms with Crippen LogP contribution < -0.4 is 10.2 Å². The summed E-state index contributed by atoms with van der Waals surface area (Å²) in [5.74, 6) is -1.70. The molecule has 0 radical (unpaired) electrons. The molecule has 0 bridgehead atoms. The van der Waals surface area contributed by atoms with Gasteiger partial charge in [0.1, 0.15) is 27.0 Å². The fraction of sp³-hybridized carbons (Fsp3) is 0.261. The zero-order valence-electron chi connectivity index (χ0n) is 17.3. The predicted octanol–water partition coefficient (Wildman–Crippen LogP) is 5.74. The number of aromatic hydroxyl groups is 1. The molecule has 1 aliphatic carbocycles. The lowest BCUT2D eigenvalue weighted by atomic mass is 10.0. The van der Waals surface area contributed by atoms with Gasteiger partial charge in [0.2, 0.25) is 5.91 Å². The number of phenolic OH excluding ortho intramolecular Hbond substituents is 1. The standard InChI is InChI=1S/C23H20Cl2FN3O3S/c24-18-19(28-33-21(18)25)23(32)29(16-7-3-4-14(26)12-16)20(13-8-10-17(30)11-9-13)22(31)27-15-5-1-2-6-15/h3-4,7-12,15,20,30H,1-2,5-6H2,(H,27,31)/t20-/m0/s1. The molecule has 0 aliphatic heterocycles. The molecular formula is C23H20Cl2FN3O3S. The summed E-state index contributed by atoms with van der Waals surface area (Å²) in [7, 11) is 0. The van der Waals surface area contributed by atoms with Crippen LogP contribution in [0.2, 0.25) is 9.36 Å². The number of phenols is 1. The van der Waals surface area contributed by atoms with Crippen LogP contribution in [0.4, 0.5) is 10.1 Å². The van der Waals surface area contributed by atoms with Crippen molar-refractivity contribution in [2.24, 2.45) is 0 Å². The summed E-state index contributed by atoms with van der Waals surface area (Å²) in [6.45, 7) is 0. The fourth-order valence-electron chi connectivity index (χ4n) is 3.94. The molecule has 1 aromatic heterocycles. The summed E-state index contributed by atoms with van der Waals surface area (Å²) >= 11 is 13.1. The summed E-state index contributed by atoms with van der Waals surface area (Å²) in [5.41, 5.74) is 0.451. The van der Waals surface area contributed by atoms with E-state index in [1.54, 1.807) is 12.1 Å². The lowest BCUT2D eigenvalue weighted by Gasteiger charge is -2.32. The van der Waals surface area contributed by atoms with Crippen molar-refractivity contribution in [3.63, 3.8) is 0 Å². The third kappa shape index (κ3) is 5.13. The summed E-state index contributed by atoms with van der Waals surface area (Å²) in [4.78, 5) is 28.4. The first-order chi connectivity index (χ1) is 15.8. The molecule has 6 nitrogen and oxygen atoms in total. The molecule has 2 amide bonds. The number of benzene rings is 2. The Morgan fingerprint density at radius 3 is 2.45 bits per heavy atom. The number of nitrogens with one attached hydrogen (secondary N) is 1. The molecule has 0 spiro atoms. The zero-order valence-corrected chi connectivity index (χ0v) is 19.6. The topological polar surface area (TPSA) is 82.5 Å². The van der Waals surface area contributed by atoms with Gasteiger partial charge in [0.25, 0.3) is 5.91 Å². The Kier molecular flexibility index (Phi) is 7.17. The molecule has 2 N–H and O–H groups in total. The highest BCUT2D eigenvalue weighted by atomic mass is 35.5. The molecule has 172 valence electrons. The molecule has 4 rings (SSSR count). The van der Waals surface area contributed by atoms with Crippen LogP contribution in [0, 0.1) is 5.82 Å². The molecule has 1 fully saturated rings. The van der Waals surface area contributed by atoms with Crippen LogP contribution in [-0.4, -0.2) is 27.3 Å². The van der Waals surface area contributed by atoms with Crippen molar-refractivity contribution in [3.05, 3.63) is 75.0 Å². The number of aromatic nitrogens is 1. The third-order valence-corrected chi connectivity index (χ3v) is 7.13. The minimum Gasteiger partial charge on any atom is -0.508 e. The van der Waals surface area contributed by atoms with Crippen LogP contribution in [0.25, 0.3) is 0 Å². The number of carbonyl (C=O) groups is 2. The molecule has 0 unspecified atom stereocenters. The normalized spacial score (nSPS) is 14.8. The fourth-order valence-corrected chi connectivity index (χ4v) is 4.93. The summed E-state index contributed by atoms with van der Waals surface area (Å²) in [6, 6.07) is 10.1. The van der Waals surface area contributed by atoms with E-state index in [9.17, 15) is 19.1 Å². The van der Waals surface area contributed by atoms with Crippen molar-refractivity contribution >= 4 is 52.2 Å². The van der Waals surface area contributed by atoms with Crippen molar-refractivity contribution in [2.45, 2.75) is 37.8 Å². The van der Waals surface area contributed by atoms with Gasteiger partial charge >= 0.3 is 0 Å². The molecule has 0 saturated heterocycles. The van der Waals surface area contributed by atoms with Gasteiger partial charge in [0, 0.05) is 11.7 Å². The van der Waals surface area contributed by atoms with E-state index in [4.69, 9.17) is 23.2 Å². The van der Waals surface area contributed by atoms with Crippen LogP contribution >= 0.6 is 34.7 Å². The minimum absolute atomic E-state index is 0.00617. The van der Waals surface area contributed by atoms with Crippen molar-refractivity contribution < 1.29 is 19.1 Å². The average Bonchev–Trinajstić information content (AvgIpc) is 3.42. The maximum Gasteiger partial charge on any atom is 0.280 e. The molecule has 1 saturated carbocycles. The molecule has 10 heteroatoms. The van der Waals surface area contributed by atoms with Gasteiger partial charge in [0.15, 0.2) is 5.69 Å². The summed E-state index contributed by atoms with van der Waals surface area (Å²) in [5, 5.41) is 12.7. The Bertz CT molecular complexity index is 1170. The Morgan fingerprint density at radius 1 is 1.15 bits per heavy atom. The number of hydrogen-bond acceptors (Lipinski definition) is 5. The second-order valence-electron chi connectivity index (χ2n) is 7.76. The number of carbonyl (C=O) groups excluding carboxylic acids is 2. The zero-order chi connectivity index (χ0) is 23.5. The van der Waals surface area contributed by atoms with Crippen LogP contribution in [-0.2, 0) is 4.79 Å². The molecular weight excluding hydrogens is 488 g/mol. The van der Waals surface area contributed by atoms with Gasteiger partial charge in [-0.1, -0.05) is 54.2 Å². The van der Waals surface area contributed by atoms with E-state index < -0.39 is 23.7 Å². The molecule has 1 heterocycles. The highest BCUT2D eigenvalue weighted by molar-refractivity contribution is 7.11. The van der Waals surface area contributed by atoms with Crippen molar-refractivity contribution in [1.29, 1.82) is 0 Å². The van der Waals surface area contributed by atoms with Crippen molar-refractivity contribution in [2.75, 3.05) is 4.90 Å². The molecule has 1 atom stereocenters. The first-order valence-corrected chi connectivity index (χ1v) is 11.9. The largest absolute Gasteiger partial charge is 0.508 e. The summed E-state index contributed by atoms with van der Waals surface area (Å²) < 4.78 is 18.4.